The SMILES string of the molecule is COc1ccc(N[C@@H](C)c2ccccc2Br)cc1. The van der Waals surface area contributed by atoms with Crippen LogP contribution in [0.4, 0.5) is 5.69 Å². The van der Waals surface area contributed by atoms with E-state index in [0.717, 1.165) is 15.9 Å². The van der Waals surface area contributed by atoms with Crippen molar-refractivity contribution in [1.82, 2.24) is 0 Å². The molecule has 3 heteroatoms. The van der Waals surface area contributed by atoms with E-state index < -0.39 is 0 Å². The van der Waals surface area contributed by atoms with E-state index in [0.29, 0.717) is 0 Å². The molecule has 0 fully saturated rings. The standard InChI is InChI=1S/C15H16BrNO/c1-11(14-5-3-4-6-15(14)16)17-12-7-9-13(18-2)10-8-12/h3-11,17H,1-2H3/t11-/m0/s1. The fraction of sp³-hybridized carbons (Fsp3) is 0.200. The van der Waals surface area contributed by atoms with Crippen molar-refractivity contribution in [3.05, 3.63) is 58.6 Å². The first kappa shape index (κ1) is 13.0. The molecule has 0 saturated carbocycles. The normalized spacial score (nSPS) is 11.9. The Labute approximate surface area is 116 Å². The van der Waals surface area contributed by atoms with E-state index in [1.54, 1.807) is 7.11 Å². The molecule has 2 aromatic rings. The largest absolute Gasteiger partial charge is 0.497 e. The fourth-order valence-corrected chi connectivity index (χ4v) is 2.47. The Morgan fingerprint density at radius 3 is 2.33 bits per heavy atom. The summed E-state index contributed by atoms with van der Waals surface area (Å²) in [5, 5.41) is 3.46. The van der Waals surface area contributed by atoms with Crippen molar-refractivity contribution in [2.24, 2.45) is 0 Å². The van der Waals surface area contributed by atoms with Gasteiger partial charge in [0.05, 0.1) is 7.11 Å². The van der Waals surface area contributed by atoms with Crippen molar-refractivity contribution in [3.8, 4) is 5.75 Å². The van der Waals surface area contributed by atoms with Gasteiger partial charge < -0.3 is 10.1 Å². The summed E-state index contributed by atoms with van der Waals surface area (Å²) in [6.45, 7) is 2.14. The summed E-state index contributed by atoms with van der Waals surface area (Å²) in [6, 6.07) is 16.4. The van der Waals surface area contributed by atoms with Crippen LogP contribution in [-0.4, -0.2) is 7.11 Å². The van der Waals surface area contributed by atoms with Crippen LogP contribution in [-0.2, 0) is 0 Å². The van der Waals surface area contributed by atoms with Crippen molar-refractivity contribution in [2.75, 3.05) is 12.4 Å². The van der Waals surface area contributed by atoms with Crippen LogP contribution in [0.3, 0.4) is 0 Å². The second kappa shape index (κ2) is 5.91. The lowest BCUT2D eigenvalue weighted by Gasteiger charge is -2.17. The molecular weight excluding hydrogens is 290 g/mol. The number of halogens is 1. The quantitative estimate of drug-likeness (QED) is 0.889. The van der Waals surface area contributed by atoms with Crippen LogP contribution < -0.4 is 10.1 Å². The summed E-state index contributed by atoms with van der Waals surface area (Å²) in [6.07, 6.45) is 0. The highest BCUT2D eigenvalue weighted by atomic mass is 79.9. The van der Waals surface area contributed by atoms with Gasteiger partial charge in [-0.05, 0) is 42.8 Å². The second-order valence-electron chi connectivity index (χ2n) is 4.12. The third kappa shape index (κ3) is 3.05. The minimum atomic E-state index is 0.244. The van der Waals surface area contributed by atoms with Crippen LogP contribution in [0.5, 0.6) is 5.75 Å². The van der Waals surface area contributed by atoms with E-state index in [4.69, 9.17) is 4.74 Å². The maximum atomic E-state index is 5.14. The van der Waals surface area contributed by atoms with Gasteiger partial charge in [0.2, 0.25) is 0 Å². The van der Waals surface area contributed by atoms with E-state index in [-0.39, 0.29) is 6.04 Å². The molecule has 0 heterocycles. The van der Waals surface area contributed by atoms with Crippen LogP contribution in [0, 0.1) is 0 Å². The number of rotatable bonds is 4. The van der Waals surface area contributed by atoms with Gasteiger partial charge in [0.1, 0.15) is 5.75 Å². The highest BCUT2D eigenvalue weighted by molar-refractivity contribution is 9.10. The maximum absolute atomic E-state index is 5.14. The van der Waals surface area contributed by atoms with Crippen molar-refractivity contribution in [3.63, 3.8) is 0 Å². The lowest BCUT2D eigenvalue weighted by Crippen LogP contribution is -2.07. The number of anilines is 1. The van der Waals surface area contributed by atoms with Gasteiger partial charge in [-0.25, -0.2) is 0 Å². The highest BCUT2D eigenvalue weighted by Crippen LogP contribution is 2.26. The van der Waals surface area contributed by atoms with E-state index in [1.165, 1.54) is 5.56 Å². The number of hydrogen-bond donors (Lipinski definition) is 1. The maximum Gasteiger partial charge on any atom is 0.119 e. The fourth-order valence-electron chi connectivity index (χ4n) is 1.84. The smallest absolute Gasteiger partial charge is 0.119 e. The van der Waals surface area contributed by atoms with Crippen LogP contribution in [0.1, 0.15) is 18.5 Å². The number of ether oxygens (including phenoxy) is 1. The van der Waals surface area contributed by atoms with E-state index >= 15 is 0 Å². The summed E-state index contributed by atoms with van der Waals surface area (Å²) >= 11 is 3.57. The molecule has 0 saturated heterocycles. The predicted molar refractivity (Wildman–Crippen MR) is 79.2 cm³/mol. The lowest BCUT2D eigenvalue weighted by molar-refractivity contribution is 0.415. The Balaban J connectivity index is 2.11. The molecule has 0 bridgehead atoms. The zero-order chi connectivity index (χ0) is 13.0. The molecule has 2 aromatic carbocycles. The molecule has 2 rings (SSSR count). The molecule has 1 atom stereocenters. The van der Waals surface area contributed by atoms with Crippen molar-refractivity contribution in [2.45, 2.75) is 13.0 Å². The van der Waals surface area contributed by atoms with Crippen molar-refractivity contribution in [1.29, 1.82) is 0 Å². The molecular formula is C15H16BrNO. The van der Waals surface area contributed by atoms with E-state index in [9.17, 15) is 0 Å². The molecule has 0 aromatic heterocycles. The molecule has 0 aliphatic carbocycles. The molecule has 1 N–H and O–H groups in total. The number of nitrogens with one attached hydrogen (secondary N) is 1. The van der Waals surface area contributed by atoms with E-state index in [2.05, 4.69) is 40.3 Å². The zero-order valence-corrected chi connectivity index (χ0v) is 12.1. The van der Waals surface area contributed by atoms with Gasteiger partial charge in [0, 0.05) is 16.2 Å². The summed E-state index contributed by atoms with van der Waals surface area (Å²) in [5.74, 6) is 0.870. The van der Waals surface area contributed by atoms with Crippen LogP contribution in [0.15, 0.2) is 53.0 Å². The molecule has 0 aliphatic heterocycles. The zero-order valence-electron chi connectivity index (χ0n) is 10.5. The van der Waals surface area contributed by atoms with E-state index in [1.807, 2.05) is 36.4 Å². The predicted octanol–water partition coefficient (Wildman–Crippen LogP) is 4.63. The minimum absolute atomic E-state index is 0.244. The lowest BCUT2D eigenvalue weighted by atomic mass is 10.1. The second-order valence-corrected chi connectivity index (χ2v) is 4.97. The van der Waals surface area contributed by atoms with Gasteiger partial charge in [-0.15, -0.1) is 0 Å². The molecule has 0 radical (unpaired) electrons. The van der Waals surface area contributed by atoms with Crippen molar-refractivity contribution < 1.29 is 4.74 Å². The molecule has 0 amide bonds. The first-order valence-electron chi connectivity index (χ1n) is 5.85. The van der Waals surface area contributed by atoms with Crippen LogP contribution >= 0.6 is 15.9 Å². The first-order chi connectivity index (χ1) is 8.70. The monoisotopic (exact) mass is 305 g/mol. The first-order valence-corrected chi connectivity index (χ1v) is 6.65. The van der Waals surface area contributed by atoms with Gasteiger partial charge in [0.25, 0.3) is 0 Å². The van der Waals surface area contributed by atoms with Crippen molar-refractivity contribution >= 4 is 21.6 Å². The molecule has 94 valence electrons. The number of hydrogen-bond acceptors (Lipinski definition) is 2. The molecule has 0 spiro atoms. The Morgan fingerprint density at radius 2 is 1.72 bits per heavy atom. The molecule has 18 heavy (non-hydrogen) atoms. The summed E-state index contributed by atoms with van der Waals surface area (Å²) in [7, 11) is 1.67. The number of methoxy groups -OCH3 is 1. The number of benzene rings is 2. The Hall–Kier alpha value is -1.48. The van der Waals surface area contributed by atoms with Gasteiger partial charge in [-0.3, -0.25) is 0 Å². The summed E-state index contributed by atoms with van der Waals surface area (Å²) in [4.78, 5) is 0. The van der Waals surface area contributed by atoms with Crippen LogP contribution in [0.25, 0.3) is 0 Å². The summed E-state index contributed by atoms with van der Waals surface area (Å²) in [5.41, 5.74) is 2.33. The average molecular weight is 306 g/mol. The molecule has 2 nitrogen and oxygen atoms in total. The van der Waals surface area contributed by atoms with Crippen LogP contribution in [0.2, 0.25) is 0 Å². The van der Waals surface area contributed by atoms with Gasteiger partial charge >= 0.3 is 0 Å². The van der Waals surface area contributed by atoms with Gasteiger partial charge in [-0.1, -0.05) is 34.1 Å². The molecule has 0 aliphatic rings. The Bertz CT molecular complexity index is 510. The third-order valence-electron chi connectivity index (χ3n) is 2.84. The topological polar surface area (TPSA) is 21.3 Å². The average Bonchev–Trinajstić information content (AvgIpc) is 2.40. The van der Waals surface area contributed by atoms with Gasteiger partial charge in [0.15, 0.2) is 0 Å². The minimum Gasteiger partial charge on any atom is -0.497 e. The molecule has 0 unspecified atom stereocenters. The highest BCUT2D eigenvalue weighted by Gasteiger charge is 2.08. The van der Waals surface area contributed by atoms with Gasteiger partial charge in [-0.2, -0.15) is 0 Å². The third-order valence-corrected chi connectivity index (χ3v) is 3.57. The Morgan fingerprint density at radius 1 is 1.06 bits per heavy atom. The summed E-state index contributed by atoms with van der Waals surface area (Å²) < 4.78 is 6.27. The Kier molecular flexibility index (Phi) is 4.26.